The van der Waals surface area contributed by atoms with Crippen LogP contribution >= 0.6 is 0 Å². The lowest BCUT2D eigenvalue weighted by Crippen LogP contribution is -2.38. The van der Waals surface area contributed by atoms with Crippen molar-refractivity contribution in [1.29, 1.82) is 0 Å². The molecule has 0 unspecified atom stereocenters. The third-order valence-electron chi connectivity index (χ3n) is 2.50. The minimum Gasteiger partial charge on any atom is -0.395 e. The Labute approximate surface area is 74.8 Å². The van der Waals surface area contributed by atoms with Gasteiger partial charge in [0.05, 0.1) is 6.61 Å². The summed E-state index contributed by atoms with van der Waals surface area (Å²) in [5.74, 6) is 0. The van der Waals surface area contributed by atoms with E-state index in [4.69, 9.17) is 5.11 Å². The standard InChI is InChI=1S/C9H20N2O/c1-2-11(6-7-12)8-9-4-3-5-10-9/h9-10,12H,2-8H2,1H3/t9-/m0/s1. The van der Waals surface area contributed by atoms with Crippen LogP contribution in [0.5, 0.6) is 0 Å². The van der Waals surface area contributed by atoms with Gasteiger partial charge in [0.15, 0.2) is 0 Å². The Bertz CT molecular complexity index is 113. The van der Waals surface area contributed by atoms with Crippen LogP contribution in [-0.4, -0.2) is 48.8 Å². The van der Waals surface area contributed by atoms with Gasteiger partial charge in [-0.1, -0.05) is 6.92 Å². The summed E-state index contributed by atoms with van der Waals surface area (Å²) in [6.07, 6.45) is 2.60. The normalized spacial score (nSPS) is 23.8. The van der Waals surface area contributed by atoms with Crippen molar-refractivity contribution in [3.05, 3.63) is 0 Å². The maximum Gasteiger partial charge on any atom is 0.0558 e. The molecular weight excluding hydrogens is 152 g/mol. The van der Waals surface area contributed by atoms with Gasteiger partial charge >= 0.3 is 0 Å². The largest absolute Gasteiger partial charge is 0.395 e. The first kappa shape index (κ1) is 9.96. The first-order valence-corrected chi connectivity index (χ1v) is 4.93. The Morgan fingerprint density at radius 3 is 2.92 bits per heavy atom. The number of nitrogens with zero attached hydrogens (tertiary/aromatic N) is 1. The average molecular weight is 172 g/mol. The van der Waals surface area contributed by atoms with Crippen LogP contribution in [-0.2, 0) is 0 Å². The SMILES string of the molecule is CCN(CCO)C[C@@H]1CCCN1. The van der Waals surface area contributed by atoms with Crippen molar-refractivity contribution in [3.8, 4) is 0 Å². The van der Waals surface area contributed by atoms with E-state index in [1.807, 2.05) is 0 Å². The number of aliphatic hydroxyl groups is 1. The van der Waals surface area contributed by atoms with Crippen LogP contribution in [0.4, 0.5) is 0 Å². The zero-order valence-corrected chi connectivity index (χ0v) is 7.92. The highest BCUT2D eigenvalue weighted by atomic mass is 16.3. The Kier molecular flexibility index (Phi) is 4.58. The summed E-state index contributed by atoms with van der Waals surface area (Å²) in [5, 5.41) is 12.2. The molecule has 0 spiro atoms. The van der Waals surface area contributed by atoms with Gasteiger partial charge in [-0.25, -0.2) is 0 Å². The van der Waals surface area contributed by atoms with Gasteiger partial charge in [-0.05, 0) is 25.9 Å². The maximum atomic E-state index is 8.78. The number of aliphatic hydroxyl groups excluding tert-OH is 1. The van der Waals surface area contributed by atoms with Gasteiger partial charge in [0, 0.05) is 19.1 Å². The molecule has 1 fully saturated rings. The highest BCUT2D eigenvalue weighted by Gasteiger charge is 2.16. The number of likely N-dealkylation sites (N-methyl/N-ethyl adjacent to an activating group) is 1. The van der Waals surface area contributed by atoms with Gasteiger partial charge in [0.1, 0.15) is 0 Å². The van der Waals surface area contributed by atoms with Gasteiger partial charge in [-0.2, -0.15) is 0 Å². The number of hydrogen-bond acceptors (Lipinski definition) is 3. The molecule has 2 N–H and O–H groups in total. The number of nitrogens with one attached hydrogen (secondary N) is 1. The zero-order chi connectivity index (χ0) is 8.81. The molecule has 1 atom stereocenters. The summed E-state index contributed by atoms with van der Waals surface area (Å²) in [7, 11) is 0. The molecule has 72 valence electrons. The summed E-state index contributed by atoms with van der Waals surface area (Å²) in [6.45, 7) is 6.54. The van der Waals surface area contributed by atoms with Crippen LogP contribution in [0.2, 0.25) is 0 Å². The summed E-state index contributed by atoms with van der Waals surface area (Å²) in [6, 6.07) is 0.663. The highest BCUT2D eigenvalue weighted by Crippen LogP contribution is 2.06. The van der Waals surface area contributed by atoms with E-state index in [1.165, 1.54) is 19.4 Å². The van der Waals surface area contributed by atoms with Crippen molar-refractivity contribution in [2.75, 3.05) is 32.8 Å². The average Bonchev–Trinajstić information content (AvgIpc) is 2.56. The molecular formula is C9H20N2O. The van der Waals surface area contributed by atoms with E-state index >= 15 is 0 Å². The van der Waals surface area contributed by atoms with E-state index in [0.717, 1.165) is 19.6 Å². The van der Waals surface area contributed by atoms with Crippen LogP contribution in [0.3, 0.4) is 0 Å². The molecule has 0 aliphatic carbocycles. The van der Waals surface area contributed by atoms with Crippen molar-refractivity contribution in [2.24, 2.45) is 0 Å². The number of hydrogen-bond donors (Lipinski definition) is 2. The Morgan fingerprint density at radius 1 is 1.58 bits per heavy atom. The van der Waals surface area contributed by atoms with E-state index in [1.54, 1.807) is 0 Å². The molecule has 0 radical (unpaired) electrons. The van der Waals surface area contributed by atoms with E-state index < -0.39 is 0 Å². The molecule has 3 nitrogen and oxygen atoms in total. The fourth-order valence-corrected chi connectivity index (χ4v) is 1.74. The first-order chi connectivity index (χ1) is 5.86. The molecule has 0 amide bonds. The minimum absolute atomic E-state index is 0.278. The first-order valence-electron chi connectivity index (χ1n) is 4.93. The van der Waals surface area contributed by atoms with E-state index in [0.29, 0.717) is 6.04 Å². The molecule has 1 saturated heterocycles. The molecule has 0 aromatic rings. The lowest BCUT2D eigenvalue weighted by molar-refractivity contribution is 0.191. The smallest absolute Gasteiger partial charge is 0.0558 e. The summed E-state index contributed by atoms with van der Waals surface area (Å²) in [4.78, 5) is 2.29. The Hall–Kier alpha value is -0.120. The fraction of sp³-hybridized carbons (Fsp3) is 1.00. The van der Waals surface area contributed by atoms with Gasteiger partial charge < -0.3 is 10.4 Å². The maximum absolute atomic E-state index is 8.78. The molecule has 1 heterocycles. The number of rotatable bonds is 5. The van der Waals surface area contributed by atoms with Gasteiger partial charge in [-0.15, -0.1) is 0 Å². The van der Waals surface area contributed by atoms with E-state index in [2.05, 4.69) is 17.1 Å². The molecule has 0 bridgehead atoms. The topological polar surface area (TPSA) is 35.5 Å². The molecule has 1 rings (SSSR count). The van der Waals surface area contributed by atoms with E-state index in [-0.39, 0.29) is 6.61 Å². The minimum atomic E-state index is 0.278. The van der Waals surface area contributed by atoms with Crippen LogP contribution < -0.4 is 5.32 Å². The lowest BCUT2D eigenvalue weighted by Gasteiger charge is -2.22. The van der Waals surface area contributed by atoms with Gasteiger partial charge in [-0.3, -0.25) is 4.90 Å². The Morgan fingerprint density at radius 2 is 2.42 bits per heavy atom. The van der Waals surface area contributed by atoms with Crippen molar-refractivity contribution in [1.82, 2.24) is 10.2 Å². The fourth-order valence-electron chi connectivity index (χ4n) is 1.74. The van der Waals surface area contributed by atoms with Crippen molar-refractivity contribution in [3.63, 3.8) is 0 Å². The quantitative estimate of drug-likeness (QED) is 0.615. The van der Waals surface area contributed by atoms with Crippen LogP contribution in [0.1, 0.15) is 19.8 Å². The molecule has 0 aromatic heterocycles. The second-order valence-electron chi connectivity index (χ2n) is 3.41. The van der Waals surface area contributed by atoms with Gasteiger partial charge in [0.2, 0.25) is 0 Å². The third kappa shape index (κ3) is 3.09. The molecule has 12 heavy (non-hydrogen) atoms. The van der Waals surface area contributed by atoms with E-state index in [9.17, 15) is 0 Å². The second kappa shape index (κ2) is 5.51. The van der Waals surface area contributed by atoms with Crippen LogP contribution in [0.25, 0.3) is 0 Å². The summed E-state index contributed by atoms with van der Waals surface area (Å²) >= 11 is 0. The predicted octanol–water partition coefficient (Wildman–Crippen LogP) is 0.0526. The zero-order valence-electron chi connectivity index (χ0n) is 7.92. The van der Waals surface area contributed by atoms with Gasteiger partial charge in [0.25, 0.3) is 0 Å². The monoisotopic (exact) mass is 172 g/mol. The van der Waals surface area contributed by atoms with Crippen molar-refractivity contribution >= 4 is 0 Å². The predicted molar refractivity (Wildman–Crippen MR) is 50.2 cm³/mol. The van der Waals surface area contributed by atoms with Crippen LogP contribution in [0, 0.1) is 0 Å². The molecule has 3 heteroatoms. The molecule has 0 saturated carbocycles. The summed E-state index contributed by atoms with van der Waals surface area (Å²) in [5.41, 5.74) is 0. The van der Waals surface area contributed by atoms with Crippen LogP contribution in [0.15, 0.2) is 0 Å². The molecule has 0 aromatic carbocycles. The third-order valence-corrected chi connectivity index (χ3v) is 2.50. The highest BCUT2D eigenvalue weighted by molar-refractivity contribution is 4.77. The Balaban J connectivity index is 2.16. The molecule has 1 aliphatic heterocycles. The second-order valence-corrected chi connectivity index (χ2v) is 3.41. The molecule has 1 aliphatic rings. The van der Waals surface area contributed by atoms with Crippen molar-refractivity contribution in [2.45, 2.75) is 25.8 Å². The summed E-state index contributed by atoms with van der Waals surface area (Å²) < 4.78 is 0. The van der Waals surface area contributed by atoms with Crippen molar-refractivity contribution < 1.29 is 5.11 Å². The lowest BCUT2D eigenvalue weighted by atomic mass is 10.2.